The number of carbonyl (C=O) groups is 1. The minimum atomic E-state index is -3.65. The molecule has 6 nitrogen and oxygen atoms in total. The molecule has 2 rings (SSSR count). The molecule has 0 aliphatic heterocycles. The Labute approximate surface area is 154 Å². The smallest absolute Gasteiger partial charge is 0.241 e. The zero-order valence-electron chi connectivity index (χ0n) is 14.9. The molecule has 0 saturated heterocycles. The molecule has 136 valence electrons. The molecule has 0 spiro atoms. The van der Waals surface area contributed by atoms with E-state index in [0.29, 0.717) is 5.69 Å². The van der Waals surface area contributed by atoms with Crippen molar-refractivity contribution in [2.45, 2.75) is 11.8 Å². The van der Waals surface area contributed by atoms with Crippen LogP contribution < -0.4 is 14.9 Å². The van der Waals surface area contributed by atoms with Crippen molar-refractivity contribution < 1.29 is 13.2 Å². The molecule has 1 amide bonds. The quantitative estimate of drug-likeness (QED) is 0.789. The molecule has 2 N–H and O–H groups in total. The van der Waals surface area contributed by atoms with Crippen molar-refractivity contribution in [2.24, 2.45) is 0 Å². The van der Waals surface area contributed by atoms with Crippen molar-refractivity contribution in [1.82, 2.24) is 4.72 Å². The number of amides is 1. The lowest BCUT2D eigenvalue weighted by Gasteiger charge is -2.11. The first kappa shape index (κ1) is 19.5. The van der Waals surface area contributed by atoms with E-state index in [1.54, 1.807) is 0 Å². The van der Waals surface area contributed by atoms with Crippen molar-refractivity contribution >= 4 is 27.3 Å². The molecule has 0 saturated carbocycles. The third-order valence-electron chi connectivity index (χ3n) is 3.45. The van der Waals surface area contributed by atoms with Gasteiger partial charge in [-0.3, -0.25) is 4.79 Å². The molecule has 0 radical (unpaired) electrons. The second kappa shape index (κ2) is 8.52. The summed E-state index contributed by atoms with van der Waals surface area (Å²) in [5.41, 5.74) is 2.42. The Bertz CT molecular complexity index is 923. The maximum absolute atomic E-state index is 12.2. The van der Waals surface area contributed by atoms with Crippen molar-refractivity contribution in [3.05, 3.63) is 54.1 Å². The van der Waals surface area contributed by atoms with Crippen LogP contribution in [0.25, 0.3) is 0 Å². The van der Waals surface area contributed by atoms with Gasteiger partial charge in [-0.15, -0.1) is 0 Å². The number of sulfonamides is 1. The molecule has 0 atom stereocenters. The topological polar surface area (TPSA) is 78.5 Å². The van der Waals surface area contributed by atoms with E-state index in [1.807, 2.05) is 43.3 Å². The van der Waals surface area contributed by atoms with E-state index in [9.17, 15) is 13.2 Å². The Morgan fingerprint density at radius 1 is 1.04 bits per heavy atom. The fourth-order valence-corrected chi connectivity index (χ4v) is 3.05. The SMILES string of the molecule is CC(=O)Nc1ccc(S(=O)(=O)NCC#Cc2ccc(N(C)C)cc2)cc1. The van der Waals surface area contributed by atoms with E-state index in [0.717, 1.165) is 11.3 Å². The number of hydrogen-bond donors (Lipinski definition) is 2. The minimum Gasteiger partial charge on any atom is -0.378 e. The van der Waals surface area contributed by atoms with E-state index in [1.165, 1.54) is 31.2 Å². The molecule has 0 aliphatic rings. The molecule has 0 aromatic heterocycles. The van der Waals surface area contributed by atoms with Gasteiger partial charge in [-0.25, -0.2) is 8.42 Å². The predicted octanol–water partition coefficient (Wildman–Crippen LogP) is 2.04. The van der Waals surface area contributed by atoms with Gasteiger partial charge in [0.25, 0.3) is 0 Å². The first-order valence-corrected chi connectivity index (χ1v) is 9.40. The highest BCUT2D eigenvalue weighted by molar-refractivity contribution is 7.89. The van der Waals surface area contributed by atoms with Gasteiger partial charge in [-0.05, 0) is 48.5 Å². The van der Waals surface area contributed by atoms with Gasteiger partial charge >= 0.3 is 0 Å². The lowest BCUT2D eigenvalue weighted by Crippen LogP contribution is -2.24. The summed E-state index contributed by atoms with van der Waals surface area (Å²) in [6.45, 7) is 1.39. The first-order valence-electron chi connectivity index (χ1n) is 7.91. The lowest BCUT2D eigenvalue weighted by atomic mass is 10.2. The molecule has 0 aliphatic carbocycles. The van der Waals surface area contributed by atoms with Gasteiger partial charge in [-0.1, -0.05) is 11.8 Å². The number of anilines is 2. The summed E-state index contributed by atoms with van der Waals surface area (Å²) in [6, 6.07) is 13.6. The highest BCUT2D eigenvalue weighted by Crippen LogP contribution is 2.14. The molecular formula is C19H21N3O3S. The minimum absolute atomic E-state index is 0.00517. The van der Waals surface area contributed by atoms with Crippen LogP contribution in [-0.4, -0.2) is 35.0 Å². The fourth-order valence-electron chi connectivity index (χ4n) is 2.12. The Morgan fingerprint density at radius 3 is 2.19 bits per heavy atom. The van der Waals surface area contributed by atoms with E-state index in [4.69, 9.17) is 0 Å². The summed E-state index contributed by atoms with van der Waals surface area (Å²) >= 11 is 0. The Morgan fingerprint density at radius 2 is 1.65 bits per heavy atom. The monoisotopic (exact) mass is 371 g/mol. The van der Waals surface area contributed by atoms with Crippen molar-refractivity contribution in [3.8, 4) is 11.8 Å². The van der Waals surface area contributed by atoms with E-state index in [-0.39, 0.29) is 17.3 Å². The second-order valence-corrected chi connectivity index (χ2v) is 7.54. The number of benzene rings is 2. The number of hydrogen-bond acceptors (Lipinski definition) is 4. The van der Waals surface area contributed by atoms with Gasteiger partial charge in [0.05, 0.1) is 11.4 Å². The molecule has 0 fully saturated rings. The Balaban J connectivity index is 1.97. The Kier molecular flexibility index (Phi) is 6.39. The summed E-state index contributed by atoms with van der Waals surface area (Å²) in [6.07, 6.45) is 0. The van der Waals surface area contributed by atoms with Crippen molar-refractivity contribution in [2.75, 3.05) is 30.9 Å². The lowest BCUT2D eigenvalue weighted by molar-refractivity contribution is -0.114. The van der Waals surface area contributed by atoms with Gasteiger partial charge < -0.3 is 10.2 Å². The van der Waals surface area contributed by atoms with Crippen LogP contribution in [0.5, 0.6) is 0 Å². The van der Waals surface area contributed by atoms with Crippen LogP contribution in [0.1, 0.15) is 12.5 Å². The molecule has 7 heteroatoms. The number of nitrogens with zero attached hydrogens (tertiary/aromatic N) is 1. The molecule has 0 bridgehead atoms. The van der Waals surface area contributed by atoms with Crippen LogP contribution in [0.3, 0.4) is 0 Å². The van der Waals surface area contributed by atoms with Gasteiger partial charge in [0.1, 0.15) is 0 Å². The first-order chi connectivity index (χ1) is 12.3. The summed E-state index contributed by atoms with van der Waals surface area (Å²) < 4.78 is 26.9. The van der Waals surface area contributed by atoms with Gasteiger partial charge in [0.15, 0.2) is 0 Å². The standard InChI is InChI=1S/C19H21N3O3S/c1-15(23)21-17-8-12-19(13-9-17)26(24,25)20-14-4-5-16-6-10-18(11-7-16)22(2)3/h6-13,20H,14H2,1-3H3,(H,21,23). The van der Waals surface area contributed by atoms with Crippen LogP contribution >= 0.6 is 0 Å². The van der Waals surface area contributed by atoms with E-state index < -0.39 is 10.0 Å². The normalized spacial score (nSPS) is 10.6. The largest absolute Gasteiger partial charge is 0.378 e. The molecule has 26 heavy (non-hydrogen) atoms. The van der Waals surface area contributed by atoms with Crippen LogP contribution in [0.4, 0.5) is 11.4 Å². The molecule has 2 aromatic rings. The average molecular weight is 371 g/mol. The van der Waals surface area contributed by atoms with Crippen molar-refractivity contribution in [3.63, 3.8) is 0 Å². The van der Waals surface area contributed by atoms with Gasteiger partial charge in [-0.2, -0.15) is 4.72 Å². The summed E-state index contributed by atoms with van der Waals surface area (Å²) in [5, 5.41) is 2.59. The third-order valence-corrected chi connectivity index (χ3v) is 4.87. The van der Waals surface area contributed by atoms with E-state index in [2.05, 4.69) is 21.9 Å². The van der Waals surface area contributed by atoms with Crippen LogP contribution in [-0.2, 0) is 14.8 Å². The van der Waals surface area contributed by atoms with Crippen LogP contribution in [0.2, 0.25) is 0 Å². The molecule has 0 heterocycles. The number of nitrogens with one attached hydrogen (secondary N) is 2. The number of rotatable bonds is 5. The average Bonchev–Trinajstić information content (AvgIpc) is 2.59. The highest BCUT2D eigenvalue weighted by Gasteiger charge is 2.12. The maximum Gasteiger partial charge on any atom is 0.241 e. The second-order valence-electron chi connectivity index (χ2n) is 5.77. The van der Waals surface area contributed by atoms with Crippen LogP contribution in [0, 0.1) is 11.8 Å². The molecule has 0 unspecified atom stereocenters. The predicted molar refractivity (Wildman–Crippen MR) is 104 cm³/mol. The summed E-state index contributed by atoms with van der Waals surface area (Å²) in [5.74, 6) is 5.51. The molecular weight excluding hydrogens is 350 g/mol. The van der Waals surface area contributed by atoms with E-state index >= 15 is 0 Å². The Hall–Kier alpha value is -2.82. The fraction of sp³-hybridized carbons (Fsp3) is 0.211. The summed E-state index contributed by atoms with van der Waals surface area (Å²) in [4.78, 5) is 13.1. The summed E-state index contributed by atoms with van der Waals surface area (Å²) in [7, 11) is 0.263. The zero-order chi connectivity index (χ0) is 19.2. The van der Waals surface area contributed by atoms with Crippen LogP contribution in [0.15, 0.2) is 53.4 Å². The van der Waals surface area contributed by atoms with Gasteiger partial charge in [0, 0.05) is 38.0 Å². The zero-order valence-corrected chi connectivity index (χ0v) is 15.7. The third kappa shape index (κ3) is 5.62. The van der Waals surface area contributed by atoms with Gasteiger partial charge in [0.2, 0.25) is 15.9 Å². The number of carbonyl (C=O) groups excluding carboxylic acids is 1. The molecule has 2 aromatic carbocycles. The maximum atomic E-state index is 12.2. The van der Waals surface area contributed by atoms with Crippen molar-refractivity contribution in [1.29, 1.82) is 0 Å². The highest BCUT2D eigenvalue weighted by atomic mass is 32.2.